The van der Waals surface area contributed by atoms with Gasteiger partial charge in [0.1, 0.15) is 33.4 Å². The second kappa shape index (κ2) is 6.52. The highest BCUT2D eigenvalue weighted by molar-refractivity contribution is 7.91. The molecule has 0 unspecified atom stereocenters. The Balaban J connectivity index is 2.14. The van der Waals surface area contributed by atoms with Crippen LogP contribution in [-0.2, 0) is 9.84 Å². The number of aryl methyl sites for hydroxylation is 1. The van der Waals surface area contributed by atoms with Gasteiger partial charge >= 0.3 is 0 Å². The molecule has 3 heterocycles. The molecule has 3 aromatic heterocycles. The van der Waals surface area contributed by atoms with Gasteiger partial charge in [0.05, 0.1) is 18.1 Å². The smallest absolute Gasteiger partial charge is 0.181 e. The monoisotopic (exact) mass is 410 g/mol. The van der Waals surface area contributed by atoms with Gasteiger partial charge in [0.15, 0.2) is 15.5 Å². The summed E-state index contributed by atoms with van der Waals surface area (Å²) in [6.45, 7) is 3.57. The van der Waals surface area contributed by atoms with Crippen LogP contribution in [0.5, 0.6) is 5.75 Å². The molecular weight excluding hydrogens is 392 g/mol. The Morgan fingerprint density at radius 1 is 1.07 bits per heavy atom. The Kier molecular flexibility index (Phi) is 4.23. The third-order valence-electron chi connectivity index (χ3n) is 4.68. The lowest BCUT2D eigenvalue weighted by Crippen LogP contribution is -2.07. The zero-order valence-electron chi connectivity index (χ0n) is 15.9. The molecule has 9 nitrogen and oxygen atoms in total. The molecule has 0 bridgehead atoms. The molecule has 0 amide bonds. The van der Waals surface area contributed by atoms with Crippen LogP contribution in [-0.4, -0.2) is 44.3 Å². The van der Waals surface area contributed by atoms with Crippen molar-refractivity contribution < 1.29 is 13.5 Å². The number of nitrogen functional groups attached to an aromatic ring is 1. The Bertz CT molecular complexity index is 1360. The highest BCUT2D eigenvalue weighted by Gasteiger charge is 2.28. The first-order valence-corrected chi connectivity index (χ1v) is 10.5. The number of aromatic hydroxyl groups is 1. The molecule has 148 valence electrons. The van der Waals surface area contributed by atoms with Gasteiger partial charge in [-0.2, -0.15) is 0 Å². The second-order valence-electron chi connectivity index (χ2n) is 6.72. The fraction of sp³-hybridized carbons (Fsp3) is 0.158. The number of hydrogen-bond donors (Lipinski definition) is 2. The number of phenolic OH excluding ortho intramolecular Hbond substituents is 1. The van der Waals surface area contributed by atoms with Crippen molar-refractivity contribution >= 4 is 26.8 Å². The van der Waals surface area contributed by atoms with E-state index in [0.29, 0.717) is 22.6 Å². The lowest BCUT2D eigenvalue weighted by atomic mass is 10.1. The molecule has 29 heavy (non-hydrogen) atoms. The average molecular weight is 410 g/mol. The Morgan fingerprint density at radius 2 is 1.83 bits per heavy atom. The first kappa shape index (κ1) is 18.8. The minimum absolute atomic E-state index is 0.0180. The normalized spacial score (nSPS) is 11.8. The van der Waals surface area contributed by atoms with Crippen molar-refractivity contribution in [1.82, 2.24) is 24.5 Å². The highest BCUT2D eigenvalue weighted by Crippen LogP contribution is 2.37. The van der Waals surface area contributed by atoms with Gasteiger partial charge in [0.2, 0.25) is 0 Å². The number of phenols is 1. The molecule has 0 saturated carbocycles. The lowest BCUT2D eigenvalue weighted by molar-refractivity contribution is 0.470. The summed E-state index contributed by atoms with van der Waals surface area (Å²) in [4.78, 5) is 17.0. The molecule has 0 atom stereocenters. The van der Waals surface area contributed by atoms with Gasteiger partial charge in [-0.05, 0) is 25.5 Å². The van der Waals surface area contributed by atoms with Gasteiger partial charge in [0, 0.05) is 24.2 Å². The van der Waals surface area contributed by atoms with Gasteiger partial charge in [-0.15, -0.1) is 0 Å². The predicted octanol–water partition coefficient (Wildman–Crippen LogP) is 2.19. The maximum absolute atomic E-state index is 12.6. The number of rotatable bonds is 3. The van der Waals surface area contributed by atoms with E-state index in [1.165, 1.54) is 29.4 Å². The molecular formula is C19H18N6O3S. The third kappa shape index (κ3) is 2.97. The summed E-state index contributed by atoms with van der Waals surface area (Å²) < 4.78 is 26.6. The maximum Gasteiger partial charge on any atom is 0.181 e. The fourth-order valence-electron chi connectivity index (χ4n) is 3.35. The number of aromatic nitrogens is 5. The van der Waals surface area contributed by atoms with Crippen LogP contribution in [0.4, 0.5) is 5.82 Å². The van der Waals surface area contributed by atoms with Crippen LogP contribution in [0.15, 0.2) is 41.8 Å². The van der Waals surface area contributed by atoms with Gasteiger partial charge in [-0.25, -0.2) is 18.4 Å². The third-order valence-corrected chi connectivity index (χ3v) is 5.82. The van der Waals surface area contributed by atoms with Gasteiger partial charge in [-0.3, -0.25) is 14.5 Å². The number of anilines is 1. The number of sulfone groups is 1. The Labute approximate surface area is 166 Å². The zero-order chi connectivity index (χ0) is 20.9. The van der Waals surface area contributed by atoms with Crippen molar-refractivity contribution in [1.29, 1.82) is 0 Å². The van der Waals surface area contributed by atoms with Crippen LogP contribution < -0.4 is 5.73 Å². The molecule has 4 aromatic rings. The molecule has 0 radical (unpaired) electrons. The summed E-state index contributed by atoms with van der Waals surface area (Å²) in [5.74, 6) is 0.0486. The fourth-order valence-corrected chi connectivity index (χ4v) is 4.31. The Hall–Kier alpha value is -3.53. The van der Waals surface area contributed by atoms with E-state index >= 15 is 0 Å². The van der Waals surface area contributed by atoms with Gasteiger partial charge in [0.25, 0.3) is 0 Å². The summed E-state index contributed by atoms with van der Waals surface area (Å²) in [5.41, 5.74) is 9.44. The molecule has 0 aliphatic rings. The predicted molar refractivity (Wildman–Crippen MR) is 109 cm³/mol. The van der Waals surface area contributed by atoms with Crippen LogP contribution in [0, 0.1) is 13.8 Å². The Morgan fingerprint density at radius 3 is 2.48 bits per heavy atom. The van der Waals surface area contributed by atoms with Gasteiger partial charge in [-0.1, -0.05) is 6.07 Å². The van der Waals surface area contributed by atoms with Crippen molar-refractivity contribution in [3.05, 3.63) is 48.0 Å². The lowest BCUT2D eigenvalue weighted by Gasteiger charge is -2.15. The van der Waals surface area contributed by atoms with Crippen LogP contribution >= 0.6 is 0 Å². The molecule has 0 aliphatic heterocycles. The minimum atomic E-state index is -3.73. The SMILES string of the molecule is Cc1ccc(O)c(C)c1-n1c(N)c(S(C)(=O)=O)c2nc(-c3cnccn3)cnc21. The summed E-state index contributed by atoms with van der Waals surface area (Å²) in [5, 5.41) is 10.2. The first-order valence-electron chi connectivity index (χ1n) is 8.63. The number of hydrogen-bond acceptors (Lipinski definition) is 8. The second-order valence-corrected chi connectivity index (χ2v) is 8.67. The van der Waals surface area contributed by atoms with Crippen LogP contribution in [0.2, 0.25) is 0 Å². The van der Waals surface area contributed by atoms with Crippen molar-refractivity contribution in [3.63, 3.8) is 0 Å². The molecule has 4 rings (SSSR count). The summed E-state index contributed by atoms with van der Waals surface area (Å²) in [7, 11) is -3.73. The number of nitrogens with two attached hydrogens (primary N) is 1. The van der Waals surface area contributed by atoms with Crippen molar-refractivity contribution in [3.8, 4) is 22.8 Å². The van der Waals surface area contributed by atoms with E-state index in [1.807, 2.05) is 6.92 Å². The van der Waals surface area contributed by atoms with E-state index < -0.39 is 9.84 Å². The first-order chi connectivity index (χ1) is 13.7. The van der Waals surface area contributed by atoms with Crippen LogP contribution in [0.25, 0.3) is 28.2 Å². The standard InChI is InChI=1S/C19H18N6O3S/c1-10-4-5-14(26)11(2)16(10)25-18(20)17(29(3,27)28)15-19(25)23-9-13(24-15)12-8-21-6-7-22-12/h4-9,26H,20H2,1-3H3. The minimum Gasteiger partial charge on any atom is -0.508 e. The molecule has 1 aromatic carbocycles. The number of nitrogens with zero attached hydrogens (tertiary/aromatic N) is 5. The van der Waals surface area contributed by atoms with Crippen molar-refractivity contribution in [2.45, 2.75) is 18.7 Å². The topological polar surface area (TPSA) is 137 Å². The largest absolute Gasteiger partial charge is 0.508 e. The zero-order valence-corrected chi connectivity index (χ0v) is 16.8. The number of fused-ring (bicyclic) bond motifs is 1. The van der Waals surface area contributed by atoms with E-state index in [9.17, 15) is 13.5 Å². The van der Waals surface area contributed by atoms with E-state index in [4.69, 9.17) is 5.73 Å². The molecule has 0 aliphatic carbocycles. The molecule has 10 heteroatoms. The summed E-state index contributed by atoms with van der Waals surface area (Å²) in [6, 6.07) is 3.30. The number of benzene rings is 1. The van der Waals surface area contributed by atoms with Gasteiger partial charge < -0.3 is 10.8 Å². The molecule has 0 saturated heterocycles. The maximum atomic E-state index is 12.6. The molecule has 0 spiro atoms. The van der Waals surface area contributed by atoms with Crippen LogP contribution in [0.3, 0.4) is 0 Å². The molecule has 0 fully saturated rings. The highest BCUT2D eigenvalue weighted by atomic mass is 32.2. The van der Waals surface area contributed by atoms with E-state index in [0.717, 1.165) is 11.8 Å². The summed E-state index contributed by atoms with van der Waals surface area (Å²) >= 11 is 0. The average Bonchev–Trinajstić information content (AvgIpc) is 2.97. The van der Waals surface area contributed by atoms with E-state index in [1.54, 1.807) is 19.1 Å². The van der Waals surface area contributed by atoms with Crippen molar-refractivity contribution in [2.75, 3.05) is 12.0 Å². The quantitative estimate of drug-likeness (QED) is 0.524. The molecule has 3 N–H and O–H groups in total. The summed E-state index contributed by atoms with van der Waals surface area (Å²) in [6.07, 6.45) is 7.11. The van der Waals surface area contributed by atoms with Crippen molar-refractivity contribution in [2.24, 2.45) is 0 Å². The van der Waals surface area contributed by atoms with Crippen LogP contribution in [0.1, 0.15) is 11.1 Å². The van der Waals surface area contributed by atoms with E-state index in [2.05, 4.69) is 19.9 Å². The van der Waals surface area contributed by atoms with E-state index in [-0.39, 0.29) is 27.6 Å².